The zero-order valence-electron chi connectivity index (χ0n) is 27.6. The number of nitrogens with one attached hydrogen (secondary N) is 3. The Labute approximate surface area is 292 Å². The fourth-order valence-electron chi connectivity index (χ4n) is 7.39. The molecule has 7 rings (SSSR count). The highest BCUT2D eigenvalue weighted by Gasteiger charge is 2.42. The predicted molar refractivity (Wildman–Crippen MR) is 188 cm³/mol. The number of carboxylic acids is 1. The van der Waals surface area contributed by atoms with E-state index < -0.39 is 23.3 Å². The highest BCUT2D eigenvalue weighted by Crippen LogP contribution is 2.38. The van der Waals surface area contributed by atoms with Crippen LogP contribution in [0.15, 0.2) is 53.5 Å². The van der Waals surface area contributed by atoms with Crippen molar-refractivity contribution in [1.29, 1.82) is 0 Å². The van der Waals surface area contributed by atoms with Crippen LogP contribution in [0.3, 0.4) is 0 Å². The van der Waals surface area contributed by atoms with Crippen LogP contribution >= 0.6 is 11.8 Å². The summed E-state index contributed by atoms with van der Waals surface area (Å²) in [7, 11) is 0. The maximum atomic E-state index is 15.5. The van der Waals surface area contributed by atoms with Gasteiger partial charge in [-0.3, -0.25) is 14.4 Å². The van der Waals surface area contributed by atoms with Gasteiger partial charge < -0.3 is 35.4 Å². The number of halogens is 1. The molecule has 4 atom stereocenters. The topological polar surface area (TPSA) is 153 Å². The van der Waals surface area contributed by atoms with Crippen LogP contribution < -0.4 is 26.3 Å². The van der Waals surface area contributed by atoms with Crippen molar-refractivity contribution in [3.05, 3.63) is 75.8 Å². The molecule has 0 bridgehead atoms. The van der Waals surface area contributed by atoms with Crippen LogP contribution in [-0.2, 0) is 16.0 Å². The number of nitrogens with zero attached hydrogens (tertiary/aromatic N) is 3. The Bertz CT molecular complexity index is 1860. The average molecular weight is 705 g/mol. The van der Waals surface area contributed by atoms with E-state index in [1.54, 1.807) is 15.5 Å². The molecule has 1 aliphatic carbocycles. The predicted octanol–water partition coefficient (Wildman–Crippen LogP) is 3.28. The molecule has 0 unspecified atom stereocenters. The molecule has 0 spiro atoms. The number of carbonyl (C=O) groups excluding carboxylic acids is 3. The largest absolute Gasteiger partial charge is 0.477 e. The van der Waals surface area contributed by atoms with Crippen molar-refractivity contribution in [1.82, 2.24) is 25.4 Å². The smallest absolute Gasteiger partial charge is 0.341 e. The number of aromatic nitrogens is 1. The van der Waals surface area contributed by atoms with Crippen molar-refractivity contribution < 1.29 is 28.7 Å². The SMILES string of the molecule is O=C(CCCC[C@@H]1SC[C@@H]2NC(=O)N[C@@H]21)N[C@@H](Cc1ccccc1)C(=O)N1CCN(c2cc3c(cc2F)c(=O)c(C(=O)O)cn3C2CC2)CC1. The van der Waals surface area contributed by atoms with Crippen LogP contribution in [0.25, 0.3) is 10.9 Å². The molecule has 1 saturated carbocycles. The van der Waals surface area contributed by atoms with Gasteiger partial charge in [0.25, 0.3) is 0 Å². The highest BCUT2D eigenvalue weighted by molar-refractivity contribution is 8.00. The summed E-state index contributed by atoms with van der Waals surface area (Å²) in [5.74, 6) is -1.45. The summed E-state index contributed by atoms with van der Waals surface area (Å²) in [6.45, 7) is 1.32. The summed E-state index contributed by atoms with van der Waals surface area (Å²) in [5.41, 5.74) is 0.639. The number of carbonyl (C=O) groups is 4. The van der Waals surface area contributed by atoms with Gasteiger partial charge in [0.2, 0.25) is 17.2 Å². The van der Waals surface area contributed by atoms with Gasteiger partial charge in [-0.05, 0) is 43.4 Å². The lowest BCUT2D eigenvalue weighted by atomic mass is 10.0. The van der Waals surface area contributed by atoms with E-state index in [-0.39, 0.29) is 46.9 Å². The molecular weight excluding hydrogens is 663 g/mol. The van der Waals surface area contributed by atoms with Crippen molar-refractivity contribution in [2.45, 2.75) is 74.4 Å². The fourth-order valence-corrected chi connectivity index (χ4v) is 8.93. The second-order valence-corrected chi connectivity index (χ2v) is 14.9. The number of thioether (sulfide) groups is 1. The first-order valence-electron chi connectivity index (χ1n) is 17.3. The first-order chi connectivity index (χ1) is 24.2. The van der Waals surface area contributed by atoms with Crippen molar-refractivity contribution in [2.24, 2.45) is 0 Å². The van der Waals surface area contributed by atoms with Gasteiger partial charge in [-0.15, -0.1) is 0 Å². The summed E-state index contributed by atoms with van der Waals surface area (Å²) in [6.07, 6.45) is 6.12. The Morgan fingerprint density at radius 3 is 2.50 bits per heavy atom. The molecule has 12 nitrogen and oxygen atoms in total. The van der Waals surface area contributed by atoms with Crippen LogP contribution in [0.1, 0.15) is 60.5 Å². The molecule has 50 heavy (non-hydrogen) atoms. The molecule has 4 N–H and O–H groups in total. The Morgan fingerprint density at radius 2 is 1.78 bits per heavy atom. The lowest BCUT2D eigenvalue weighted by Crippen LogP contribution is -2.55. The third-order valence-electron chi connectivity index (χ3n) is 10.2. The quantitative estimate of drug-likeness (QED) is 0.166. The number of unbranched alkanes of at least 4 members (excludes halogenated alkanes) is 1. The van der Waals surface area contributed by atoms with Gasteiger partial charge in [-0.25, -0.2) is 14.0 Å². The Kier molecular flexibility index (Phi) is 9.71. The van der Waals surface area contributed by atoms with Crippen molar-refractivity contribution in [3.8, 4) is 0 Å². The zero-order valence-corrected chi connectivity index (χ0v) is 28.4. The minimum absolute atomic E-state index is 0.0389. The van der Waals surface area contributed by atoms with E-state index >= 15 is 4.39 Å². The van der Waals surface area contributed by atoms with Gasteiger partial charge in [0, 0.05) is 67.6 Å². The number of aromatic carboxylic acids is 1. The third kappa shape index (κ3) is 7.16. The van der Waals surface area contributed by atoms with Gasteiger partial charge in [0.1, 0.15) is 17.4 Å². The van der Waals surface area contributed by atoms with Crippen LogP contribution in [0, 0.1) is 5.82 Å². The van der Waals surface area contributed by atoms with E-state index in [1.807, 2.05) is 47.0 Å². The van der Waals surface area contributed by atoms with Crippen LogP contribution in [0.4, 0.5) is 14.9 Å². The molecule has 4 amide bonds. The number of carboxylic acid groups (broad SMARTS) is 1. The lowest BCUT2D eigenvalue weighted by molar-refractivity contribution is -0.136. The number of hydrogen-bond donors (Lipinski definition) is 4. The average Bonchev–Trinajstić information content (AvgIpc) is 3.79. The first kappa shape index (κ1) is 33.9. The molecule has 264 valence electrons. The molecule has 1 aromatic heterocycles. The van der Waals surface area contributed by atoms with Gasteiger partial charge in [-0.1, -0.05) is 36.8 Å². The number of urea groups is 1. The molecule has 4 aliphatic rings. The third-order valence-corrected chi connectivity index (χ3v) is 11.7. The number of piperazine rings is 1. The minimum atomic E-state index is -1.34. The molecule has 3 aromatic rings. The number of anilines is 1. The number of rotatable bonds is 12. The summed E-state index contributed by atoms with van der Waals surface area (Å²) in [5, 5.41) is 18.9. The first-order valence-corrected chi connectivity index (χ1v) is 18.4. The van der Waals surface area contributed by atoms with Gasteiger partial charge in [0.15, 0.2) is 0 Å². The second kappa shape index (κ2) is 14.3. The standard InChI is InChI=1S/C36H41FN6O6S/c37-25-17-23-28(43(22-10-11-22)19-24(33(23)45)35(47)48)18-29(25)41-12-14-42(15-13-41)34(46)26(16-21-6-2-1-3-7-21)38-31(44)9-5-4-8-30-32-27(20-50-30)39-36(49)40-32/h1-3,6-7,17-19,22,26-27,30,32H,4-5,8-16,20H2,(H,38,44)(H,47,48)(H2,39,40,49)/t26-,27-,30-,32-/m0/s1. The summed E-state index contributed by atoms with van der Waals surface area (Å²) in [6, 6.07) is 11.8. The van der Waals surface area contributed by atoms with Gasteiger partial charge in [0.05, 0.1) is 23.3 Å². The van der Waals surface area contributed by atoms with Crippen molar-refractivity contribution in [2.75, 3.05) is 36.8 Å². The van der Waals surface area contributed by atoms with Crippen molar-refractivity contribution in [3.63, 3.8) is 0 Å². The molecule has 14 heteroatoms. The molecule has 0 radical (unpaired) electrons. The van der Waals surface area contributed by atoms with Crippen LogP contribution in [0.5, 0.6) is 0 Å². The molecule has 4 fully saturated rings. The number of hydrogen-bond acceptors (Lipinski definition) is 7. The summed E-state index contributed by atoms with van der Waals surface area (Å²) in [4.78, 5) is 66.9. The number of benzene rings is 2. The fraction of sp³-hybridized carbons (Fsp3) is 0.472. The van der Waals surface area contributed by atoms with Crippen LogP contribution in [0.2, 0.25) is 0 Å². The van der Waals surface area contributed by atoms with Gasteiger partial charge >= 0.3 is 12.0 Å². The van der Waals surface area contributed by atoms with E-state index in [1.165, 1.54) is 6.20 Å². The summed E-state index contributed by atoms with van der Waals surface area (Å²) >= 11 is 1.85. The Hall–Kier alpha value is -4.59. The van der Waals surface area contributed by atoms with E-state index in [0.717, 1.165) is 43.1 Å². The minimum Gasteiger partial charge on any atom is -0.477 e. The Balaban J connectivity index is 0.986. The number of amides is 4. The summed E-state index contributed by atoms with van der Waals surface area (Å²) < 4.78 is 17.3. The monoisotopic (exact) mass is 704 g/mol. The lowest BCUT2D eigenvalue weighted by Gasteiger charge is -2.38. The normalized spacial score (nSPS) is 22.2. The Morgan fingerprint density at radius 1 is 1.02 bits per heavy atom. The number of pyridine rings is 1. The van der Waals surface area contributed by atoms with E-state index in [4.69, 9.17) is 0 Å². The molecule has 3 aliphatic heterocycles. The van der Waals surface area contributed by atoms with E-state index in [0.29, 0.717) is 61.9 Å². The maximum Gasteiger partial charge on any atom is 0.341 e. The highest BCUT2D eigenvalue weighted by atomic mass is 32.2. The van der Waals surface area contributed by atoms with Crippen molar-refractivity contribution >= 4 is 52.2 Å². The van der Waals surface area contributed by atoms with Gasteiger partial charge in [-0.2, -0.15) is 11.8 Å². The van der Waals surface area contributed by atoms with E-state index in [2.05, 4.69) is 16.0 Å². The molecule has 3 saturated heterocycles. The molecule has 4 heterocycles. The number of fused-ring (bicyclic) bond motifs is 2. The molecule has 2 aromatic carbocycles. The molecular formula is C36H41FN6O6S. The second-order valence-electron chi connectivity index (χ2n) is 13.6. The van der Waals surface area contributed by atoms with Crippen LogP contribution in [-0.4, -0.2) is 93.7 Å². The zero-order chi connectivity index (χ0) is 34.9. The maximum absolute atomic E-state index is 15.5. The van der Waals surface area contributed by atoms with E-state index in [9.17, 15) is 29.1 Å².